The molecule has 3 fully saturated rings. The van der Waals surface area contributed by atoms with Crippen LogP contribution >= 0.6 is 0 Å². The van der Waals surface area contributed by atoms with Gasteiger partial charge in [0.2, 0.25) is 12.2 Å². The molecule has 13 nitrogen and oxygen atoms in total. The van der Waals surface area contributed by atoms with Gasteiger partial charge in [-0.05, 0) is 57.4 Å². The molecule has 0 bridgehead atoms. The lowest BCUT2D eigenvalue weighted by Crippen LogP contribution is -2.61. The standard InChI is InChI=1S/C30H42N2O11/c1-3-41-28(39)19(14-13-17-9-5-4-6-10-17)31-16(2)26(36)32-20-12-8-7-11-18(20)15-21(32)29(40)43-30-24(35)22(33)23(34)25(42-30)27(37)38/h4-6,9-10,16,18-25,30-31,33-35H,3,7-8,11-15H2,1-2H3,(H,37,38). The van der Waals surface area contributed by atoms with Crippen LogP contribution in [0.5, 0.6) is 0 Å². The monoisotopic (exact) mass is 606 g/mol. The van der Waals surface area contributed by atoms with E-state index in [1.54, 1.807) is 13.8 Å². The lowest BCUT2D eigenvalue weighted by Gasteiger charge is -2.39. The smallest absolute Gasteiger partial charge is 0.335 e. The summed E-state index contributed by atoms with van der Waals surface area (Å²) in [5, 5.41) is 42.9. The van der Waals surface area contributed by atoms with Crippen LogP contribution in [0.15, 0.2) is 30.3 Å². The van der Waals surface area contributed by atoms with Crippen molar-refractivity contribution in [3.63, 3.8) is 0 Å². The maximum Gasteiger partial charge on any atom is 0.335 e. The van der Waals surface area contributed by atoms with E-state index in [2.05, 4.69) is 5.32 Å². The second-order valence-corrected chi connectivity index (χ2v) is 11.5. The normalized spacial score (nSPS) is 31.9. The molecule has 1 amide bonds. The predicted octanol–water partition coefficient (Wildman–Crippen LogP) is 0.124. The number of aryl methyl sites for hydroxylation is 1. The van der Waals surface area contributed by atoms with Gasteiger partial charge in [-0.2, -0.15) is 0 Å². The first-order valence-electron chi connectivity index (χ1n) is 14.9. The zero-order valence-electron chi connectivity index (χ0n) is 24.4. The van der Waals surface area contributed by atoms with Crippen molar-refractivity contribution in [3.8, 4) is 0 Å². The molecule has 2 saturated heterocycles. The number of carboxylic acids is 1. The number of carbonyl (C=O) groups is 4. The Labute approximate surface area is 250 Å². The van der Waals surface area contributed by atoms with Gasteiger partial charge in [0.15, 0.2) is 6.10 Å². The third-order valence-corrected chi connectivity index (χ3v) is 8.62. The summed E-state index contributed by atoms with van der Waals surface area (Å²) in [7, 11) is 0. The Morgan fingerprint density at radius 3 is 2.42 bits per heavy atom. The summed E-state index contributed by atoms with van der Waals surface area (Å²) < 4.78 is 15.8. The van der Waals surface area contributed by atoms with Gasteiger partial charge in [0.25, 0.3) is 0 Å². The largest absolute Gasteiger partial charge is 0.479 e. The van der Waals surface area contributed by atoms with Crippen molar-refractivity contribution in [2.45, 2.75) is 114 Å². The maximum atomic E-state index is 14.0. The first kappa shape index (κ1) is 32.8. The van der Waals surface area contributed by atoms with Gasteiger partial charge in [0.1, 0.15) is 30.4 Å². The number of aliphatic hydroxyl groups is 3. The highest BCUT2D eigenvalue weighted by atomic mass is 16.7. The second kappa shape index (κ2) is 14.6. The number of carbonyl (C=O) groups excluding carboxylic acids is 3. The van der Waals surface area contributed by atoms with E-state index < -0.39 is 72.6 Å². The van der Waals surface area contributed by atoms with Crippen LogP contribution in [-0.4, -0.2) is 111 Å². The van der Waals surface area contributed by atoms with Crippen molar-refractivity contribution < 1.29 is 53.8 Å². The number of hydrogen-bond acceptors (Lipinski definition) is 11. The molecule has 13 heteroatoms. The fourth-order valence-corrected chi connectivity index (χ4v) is 6.39. The molecule has 0 aromatic heterocycles. The van der Waals surface area contributed by atoms with E-state index in [1.807, 2.05) is 30.3 Å². The van der Waals surface area contributed by atoms with Crippen molar-refractivity contribution in [1.29, 1.82) is 0 Å². The van der Waals surface area contributed by atoms with Gasteiger partial charge in [0.05, 0.1) is 12.6 Å². The quantitative estimate of drug-likeness (QED) is 0.214. The van der Waals surface area contributed by atoms with Gasteiger partial charge in [-0.25, -0.2) is 9.59 Å². The summed E-state index contributed by atoms with van der Waals surface area (Å²) in [4.78, 5) is 53.2. The lowest BCUT2D eigenvalue weighted by atomic mass is 9.84. The number of fused-ring (bicyclic) bond motifs is 1. The Kier molecular flexibility index (Phi) is 11.1. The number of nitrogens with zero attached hydrogens (tertiary/aromatic N) is 1. The van der Waals surface area contributed by atoms with Crippen LogP contribution in [0.1, 0.15) is 57.9 Å². The molecular formula is C30H42N2O11. The van der Waals surface area contributed by atoms with Gasteiger partial charge in [0, 0.05) is 6.04 Å². The highest BCUT2D eigenvalue weighted by Crippen LogP contribution is 2.41. The molecule has 0 spiro atoms. The Morgan fingerprint density at radius 2 is 1.74 bits per heavy atom. The number of esters is 2. The fraction of sp³-hybridized carbons (Fsp3) is 0.667. The molecule has 5 N–H and O–H groups in total. The minimum Gasteiger partial charge on any atom is -0.479 e. The van der Waals surface area contributed by atoms with Crippen LogP contribution in [0.2, 0.25) is 0 Å². The molecule has 3 aliphatic rings. The maximum absolute atomic E-state index is 14.0. The minimum atomic E-state index is -1.93. The first-order valence-corrected chi connectivity index (χ1v) is 14.9. The Balaban J connectivity index is 1.49. The number of carboxylic acid groups (broad SMARTS) is 1. The molecule has 2 heterocycles. The van der Waals surface area contributed by atoms with E-state index in [4.69, 9.17) is 14.2 Å². The molecule has 1 aliphatic carbocycles. The molecule has 4 rings (SSSR count). The third-order valence-electron chi connectivity index (χ3n) is 8.62. The van der Waals surface area contributed by atoms with Crippen molar-refractivity contribution in [3.05, 3.63) is 35.9 Å². The number of benzene rings is 1. The zero-order chi connectivity index (χ0) is 31.3. The van der Waals surface area contributed by atoms with Gasteiger partial charge >= 0.3 is 17.9 Å². The molecule has 0 radical (unpaired) electrons. The average Bonchev–Trinajstić information content (AvgIpc) is 3.39. The lowest BCUT2D eigenvalue weighted by molar-refractivity contribution is -0.287. The number of ether oxygens (including phenoxy) is 3. The van der Waals surface area contributed by atoms with Crippen LogP contribution in [0.4, 0.5) is 0 Å². The SMILES string of the molecule is CCOC(=O)C(CCc1ccccc1)NC(C)C(=O)N1C(C(=O)OC2OC(C(=O)O)C(O)C(O)C2O)CC2CCCCC21. The van der Waals surface area contributed by atoms with E-state index in [0.717, 1.165) is 24.8 Å². The van der Waals surface area contributed by atoms with E-state index >= 15 is 0 Å². The molecule has 1 aromatic rings. The minimum absolute atomic E-state index is 0.0257. The van der Waals surface area contributed by atoms with Crippen LogP contribution in [-0.2, 0) is 39.8 Å². The summed E-state index contributed by atoms with van der Waals surface area (Å²) in [6.07, 6.45) is -5.03. The van der Waals surface area contributed by atoms with Crippen LogP contribution in [0.3, 0.4) is 0 Å². The van der Waals surface area contributed by atoms with E-state index in [1.165, 1.54) is 4.90 Å². The molecule has 1 saturated carbocycles. The van der Waals surface area contributed by atoms with E-state index in [0.29, 0.717) is 25.7 Å². The summed E-state index contributed by atoms with van der Waals surface area (Å²) in [6.45, 7) is 3.51. The predicted molar refractivity (Wildman–Crippen MR) is 149 cm³/mol. The van der Waals surface area contributed by atoms with Gasteiger partial charge in [-0.1, -0.05) is 43.2 Å². The molecule has 43 heavy (non-hydrogen) atoms. The molecule has 10 atom stereocenters. The van der Waals surface area contributed by atoms with E-state index in [9.17, 15) is 39.6 Å². The van der Waals surface area contributed by atoms with Crippen LogP contribution in [0, 0.1) is 5.92 Å². The van der Waals surface area contributed by atoms with Gasteiger partial charge < -0.3 is 39.5 Å². The van der Waals surface area contributed by atoms with Gasteiger partial charge in [-0.15, -0.1) is 0 Å². The summed E-state index contributed by atoms with van der Waals surface area (Å²) in [5.41, 5.74) is 1.03. The number of nitrogens with one attached hydrogen (secondary N) is 1. The Hall–Kier alpha value is -3.10. The number of aliphatic hydroxyl groups excluding tert-OH is 3. The van der Waals surface area contributed by atoms with Crippen molar-refractivity contribution in [2.75, 3.05) is 6.61 Å². The molecule has 10 unspecified atom stereocenters. The number of amides is 1. The average molecular weight is 607 g/mol. The molecule has 1 aromatic carbocycles. The molecule has 238 valence electrons. The first-order chi connectivity index (χ1) is 20.5. The topological polar surface area (TPSA) is 192 Å². The van der Waals surface area contributed by atoms with E-state index in [-0.39, 0.29) is 18.6 Å². The summed E-state index contributed by atoms with van der Waals surface area (Å²) in [5.74, 6) is -3.39. The van der Waals surface area contributed by atoms with Crippen molar-refractivity contribution in [2.24, 2.45) is 5.92 Å². The highest BCUT2D eigenvalue weighted by molar-refractivity contribution is 5.89. The van der Waals surface area contributed by atoms with Gasteiger partial charge in [-0.3, -0.25) is 14.9 Å². The second-order valence-electron chi connectivity index (χ2n) is 11.5. The molecule has 2 aliphatic heterocycles. The fourth-order valence-electron chi connectivity index (χ4n) is 6.39. The number of likely N-dealkylation sites (tertiary alicyclic amines) is 1. The number of rotatable bonds is 11. The van der Waals surface area contributed by atoms with Crippen molar-refractivity contribution in [1.82, 2.24) is 10.2 Å². The number of aliphatic carboxylic acids is 1. The third kappa shape index (κ3) is 7.52. The number of hydrogen-bond donors (Lipinski definition) is 5. The van der Waals surface area contributed by atoms with Crippen LogP contribution < -0.4 is 5.32 Å². The Bertz CT molecular complexity index is 1130. The van der Waals surface area contributed by atoms with Crippen LogP contribution in [0.25, 0.3) is 0 Å². The van der Waals surface area contributed by atoms with Crippen molar-refractivity contribution >= 4 is 23.8 Å². The molecular weight excluding hydrogens is 564 g/mol. The summed E-state index contributed by atoms with van der Waals surface area (Å²) >= 11 is 0. The Morgan fingerprint density at radius 1 is 1.05 bits per heavy atom. The summed E-state index contributed by atoms with van der Waals surface area (Å²) in [6, 6.07) is 6.66. The highest BCUT2D eigenvalue weighted by Gasteiger charge is 2.52. The zero-order valence-corrected chi connectivity index (χ0v) is 24.4.